The molecule has 0 unspecified atom stereocenters. The minimum Gasteiger partial charge on any atom is -0.478 e. The van der Waals surface area contributed by atoms with Gasteiger partial charge in [0.2, 0.25) is 11.8 Å². The summed E-state index contributed by atoms with van der Waals surface area (Å²) in [6, 6.07) is 1.94. The lowest BCUT2D eigenvalue weighted by molar-refractivity contribution is -0.139. The van der Waals surface area contributed by atoms with E-state index in [9.17, 15) is 27.9 Å². The van der Waals surface area contributed by atoms with E-state index in [0.29, 0.717) is 18.8 Å². The average Bonchev–Trinajstić information content (AvgIpc) is 3.39. The molecular weight excluding hydrogens is 532 g/mol. The van der Waals surface area contributed by atoms with Crippen molar-refractivity contribution in [1.29, 1.82) is 0 Å². The minimum atomic E-state index is -4.89. The summed E-state index contributed by atoms with van der Waals surface area (Å²) in [6.07, 6.45) is 3.72. The number of hydrogen-bond acceptors (Lipinski definition) is 5. The third-order valence-electron chi connectivity index (χ3n) is 7.00. The molecule has 40 heavy (non-hydrogen) atoms. The van der Waals surface area contributed by atoms with Crippen molar-refractivity contribution in [1.82, 2.24) is 14.5 Å². The number of hydrogen-bond donors (Lipinski definition) is 1. The summed E-state index contributed by atoms with van der Waals surface area (Å²) in [4.78, 5) is 34.5. The topological polar surface area (TPSA) is 97.6 Å². The number of imidazole rings is 1. The molecule has 1 N–H and O–H groups in total. The number of aromatic nitrogens is 3. The number of carboxylic acids is 1. The summed E-state index contributed by atoms with van der Waals surface area (Å²) in [5.41, 5.74) is -1.72. The van der Waals surface area contributed by atoms with Crippen LogP contribution in [0.1, 0.15) is 67.9 Å². The van der Waals surface area contributed by atoms with E-state index in [4.69, 9.17) is 4.74 Å². The third kappa shape index (κ3) is 6.43. The van der Waals surface area contributed by atoms with Crippen molar-refractivity contribution >= 4 is 17.6 Å². The number of carbonyl (C=O) groups excluding carboxylic acids is 1. The monoisotopic (exact) mass is 562 g/mol. The van der Waals surface area contributed by atoms with Crippen LogP contribution in [0, 0.1) is 17.7 Å². The summed E-state index contributed by atoms with van der Waals surface area (Å²) in [6.45, 7) is 5.52. The average molecular weight is 563 g/mol. The van der Waals surface area contributed by atoms with Gasteiger partial charge in [0, 0.05) is 42.7 Å². The number of nitrogens with zero attached hydrogens (tertiary/aromatic N) is 4. The fourth-order valence-electron chi connectivity index (χ4n) is 4.91. The van der Waals surface area contributed by atoms with Gasteiger partial charge in [-0.2, -0.15) is 13.2 Å². The van der Waals surface area contributed by atoms with Crippen LogP contribution < -0.4 is 9.64 Å². The molecule has 0 aliphatic heterocycles. The standard InChI is InChI=1S/C28H30F4N4O4/c1-16(2)36(26(37)19-6-4-17(3)5-7-19)23-12-22(29)24(11-20(23)27(38)39)40-25-21(28(30,31)32)10-18(13-34-25)14-35-9-8-33-15-35/h8-13,15-17,19H,4-7,14H2,1-3H3,(H,38,39)/t17-,19-. The lowest BCUT2D eigenvalue weighted by Crippen LogP contribution is -2.43. The van der Waals surface area contributed by atoms with Crippen molar-refractivity contribution in [3.8, 4) is 11.6 Å². The molecule has 0 saturated heterocycles. The highest BCUT2D eigenvalue weighted by Gasteiger charge is 2.37. The highest BCUT2D eigenvalue weighted by molar-refractivity contribution is 6.03. The van der Waals surface area contributed by atoms with E-state index in [0.717, 1.165) is 37.2 Å². The Morgan fingerprint density at radius 2 is 1.88 bits per heavy atom. The molecule has 3 aromatic rings. The Morgan fingerprint density at radius 3 is 2.45 bits per heavy atom. The third-order valence-corrected chi connectivity index (χ3v) is 7.00. The van der Waals surface area contributed by atoms with Gasteiger partial charge < -0.3 is 19.3 Å². The van der Waals surface area contributed by atoms with Gasteiger partial charge >= 0.3 is 12.1 Å². The maximum absolute atomic E-state index is 15.3. The normalized spacial score (nSPS) is 17.6. The fraction of sp³-hybridized carbons (Fsp3) is 0.429. The summed E-state index contributed by atoms with van der Waals surface area (Å²) < 4.78 is 63.8. The quantitative estimate of drug-likeness (QED) is 0.313. The number of carbonyl (C=O) groups is 2. The number of halogens is 4. The molecule has 4 rings (SSSR count). The van der Waals surface area contributed by atoms with Gasteiger partial charge in [-0.25, -0.2) is 19.2 Å². The zero-order chi connectivity index (χ0) is 29.2. The van der Waals surface area contributed by atoms with E-state index < -0.39 is 46.8 Å². The zero-order valence-electron chi connectivity index (χ0n) is 22.3. The number of benzene rings is 1. The maximum atomic E-state index is 15.3. The van der Waals surface area contributed by atoms with Gasteiger partial charge in [0.25, 0.3) is 0 Å². The van der Waals surface area contributed by atoms with Gasteiger partial charge in [0.1, 0.15) is 5.56 Å². The van der Waals surface area contributed by atoms with Crippen LogP contribution in [0.25, 0.3) is 0 Å². The number of carboxylic acid groups (broad SMARTS) is 1. The number of amides is 1. The first-order chi connectivity index (χ1) is 18.8. The van der Waals surface area contributed by atoms with Crippen molar-refractivity contribution < 1.29 is 37.0 Å². The molecule has 2 aromatic heterocycles. The molecular formula is C28H30F4N4O4. The Kier molecular flexibility index (Phi) is 8.45. The second-order valence-electron chi connectivity index (χ2n) is 10.4. The van der Waals surface area contributed by atoms with Gasteiger partial charge in [-0.3, -0.25) is 4.79 Å². The summed E-state index contributed by atoms with van der Waals surface area (Å²) >= 11 is 0. The SMILES string of the molecule is CC(C)N(c1cc(F)c(Oc2ncc(Cn3ccnc3)cc2C(F)(F)F)cc1C(=O)O)C(=O)[C@H]1CC[C@H](C)CC1. The molecule has 0 atom stereocenters. The van der Waals surface area contributed by atoms with Crippen LogP contribution in [0.4, 0.5) is 23.2 Å². The maximum Gasteiger partial charge on any atom is 0.421 e. The molecule has 1 aromatic carbocycles. The molecule has 1 amide bonds. The van der Waals surface area contributed by atoms with Crippen LogP contribution in [0.15, 0.2) is 43.1 Å². The number of pyridine rings is 1. The predicted octanol–water partition coefficient (Wildman–Crippen LogP) is 6.54. The molecule has 0 bridgehead atoms. The zero-order valence-corrected chi connectivity index (χ0v) is 22.3. The van der Waals surface area contributed by atoms with Gasteiger partial charge in [-0.15, -0.1) is 0 Å². The molecule has 1 aliphatic rings. The van der Waals surface area contributed by atoms with Crippen molar-refractivity contribution in [3.63, 3.8) is 0 Å². The number of rotatable bonds is 8. The van der Waals surface area contributed by atoms with Crippen LogP contribution in [0.3, 0.4) is 0 Å². The van der Waals surface area contributed by atoms with E-state index in [2.05, 4.69) is 16.9 Å². The van der Waals surface area contributed by atoms with Crippen LogP contribution in [-0.4, -0.2) is 37.6 Å². The van der Waals surface area contributed by atoms with Gasteiger partial charge in [-0.05, 0) is 57.1 Å². The predicted molar refractivity (Wildman–Crippen MR) is 138 cm³/mol. The molecule has 1 saturated carbocycles. The molecule has 0 spiro atoms. The Hall–Kier alpha value is -3.96. The number of aromatic carboxylic acids is 1. The highest BCUT2D eigenvalue weighted by Crippen LogP contribution is 2.40. The second kappa shape index (κ2) is 11.6. The first-order valence-corrected chi connectivity index (χ1v) is 12.9. The lowest BCUT2D eigenvalue weighted by atomic mass is 9.82. The molecule has 214 valence electrons. The first-order valence-electron chi connectivity index (χ1n) is 12.9. The fourth-order valence-corrected chi connectivity index (χ4v) is 4.91. The largest absolute Gasteiger partial charge is 0.478 e. The summed E-state index contributed by atoms with van der Waals surface area (Å²) in [7, 11) is 0. The van der Waals surface area contributed by atoms with Gasteiger partial charge in [0.15, 0.2) is 11.6 Å². The van der Waals surface area contributed by atoms with Crippen LogP contribution >= 0.6 is 0 Å². The van der Waals surface area contributed by atoms with Crippen molar-refractivity contribution in [2.75, 3.05) is 4.90 Å². The second-order valence-corrected chi connectivity index (χ2v) is 10.4. The van der Waals surface area contributed by atoms with Crippen molar-refractivity contribution in [2.45, 2.75) is 65.2 Å². The Bertz CT molecular complexity index is 1370. The van der Waals surface area contributed by atoms with Crippen LogP contribution in [-0.2, 0) is 17.5 Å². The molecule has 0 radical (unpaired) electrons. The Morgan fingerprint density at radius 1 is 1.18 bits per heavy atom. The number of anilines is 1. The van der Waals surface area contributed by atoms with Crippen LogP contribution in [0.5, 0.6) is 11.6 Å². The summed E-state index contributed by atoms with van der Waals surface area (Å²) in [5, 5.41) is 9.93. The molecule has 1 fully saturated rings. The van der Waals surface area contributed by atoms with Crippen molar-refractivity contribution in [3.05, 3.63) is 65.6 Å². The molecule has 8 nitrogen and oxygen atoms in total. The van der Waals surface area contributed by atoms with E-state index >= 15 is 4.39 Å². The summed E-state index contributed by atoms with van der Waals surface area (Å²) in [5.74, 6) is -4.48. The smallest absolute Gasteiger partial charge is 0.421 e. The molecule has 2 heterocycles. The number of ether oxygens (including phenoxy) is 1. The Balaban J connectivity index is 1.70. The van der Waals surface area contributed by atoms with Crippen LogP contribution in [0.2, 0.25) is 0 Å². The van der Waals surface area contributed by atoms with E-state index in [1.54, 1.807) is 24.6 Å². The first kappa shape index (κ1) is 29.0. The number of alkyl halides is 3. The van der Waals surface area contributed by atoms with Gasteiger partial charge in [-0.1, -0.05) is 6.92 Å². The molecule has 1 aliphatic carbocycles. The molecule has 12 heteroatoms. The van der Waals surface area contributed by atoms with E-state index in [1.807, 2.05) is 0 Å². The van der Waals surface area contributed by atoms with Crippen molar-refractivity contribution in [2.24, 2.45) is 11.8 Å². The lowest BCUT2D eigenvalue weighted by Gasteiger charge is -2.34. The van der Waals surface area contributed by atoms with E-state index in [-0.39, 0.29) is 29.6 Å². The van der Waals surface area contributed by atoms with Gasteiger partial charge in [0.05, 0.1) is 24.1 Å². The highest BCUT2D eigenvalue weighted by atomic mass is 19.4. The Labute approximate surface area is 228 Å². The van der Waals surface area contributed by atoms with E-state index in [1.165, 1.54) is 17.4 Å². The minimum absolute atomic E-state index is 0.0571.